The number of amides is 2. The van der Waals surface area contributed by atoms with Crippen molar-refractivity contribution in [1.29, 1.82) is 0 Å². The van der Waals surface area contributed by atoms with E-state index in [1.165, 1.54) is 26.7 Å². The molecular weight excluding hydrogens is 364 g/mol. The number of anilines is 1. The topological polar surface area (TPSA) is 99.7 Å². The second-order valence-electron chi connectivity index (χ2n) is 5.75. The van der Waals surface area contributed by atoms with Gasteiger partial charge in [0.1, 0.15) is 0 Å². The summed E-state index contributed by atoms with van der Waals surface area (Å²) in [6, 6.07) is 2.73. The maximum absolute atomic E-state index is 12.8. The van der Waals surface area contributed by atoms with Crippen LogP contribution in [0, 0.1) is 0 Å². The zero-order valence-corrected chi connectivity index (χ0v) is 14.6. The number of rotatable bonds is 2. The first-order chi connectivity index (χ1) is 12.0. The number of pyridine rings is 1. The van der Waals surface area contributed by atoms with E-state index in [-0.39, 0.29) is 24.5 Å². The van der Waals surface area contributed by atoms with E-state index < -0.39 is 27.9 Å². The van der Waals surface area contributed by atoms with Gasteiger partial charge in [-0.1, -0.05) is 0 Å². The fourth-order valence-corrected chi connectivity index (χ4v) is 5.59. The summed E-state index contributed by atoms with van der Waals surface area (Å²) < 4.78 is 27.0. The number of nitrogens with zero attached hydrogens (tertiary/aromatic N) is 3. The molecule has 1 unspecified atom stereocenters. The lowest BCUT2D eigenvalue weighted by Gasteiger charge is -2.39. The number of hydrogen-bond donors (Lipinski definition) is 1. The Balaban J connectivity index is 1.74. The molecule has 1 fully saturated rings. The highest BCUT2D eigenvalue weighted by Crippen LogP contribution is 2.34. The quantitative estimate of drug-likeness (QED) is 0.775. The molecule has 2 aliphatic rings. The van der Waals surface area contributed by atoms with Gasteiger partial charge in [0.25, 0.3) is 0 Å². The Kier molecular flexibility index (Phi) is 3.82. The normalized spacial score (nSPS) is 21.3. The summed E-state index contributed by atoms with van der Waals surface area (Å²) in [6.45, 7) is 0.395. The molecule has 130 valence electrons. The van der Waals surface area contributed by atoms with Gasteiger partial charge in [0, 0.05) is 36.8 Å². The molecule has 4 rings (SSSR count). The summed E-state index contributed by atoms with van der Waals surface area (Å²) in [5, 5.41) is 5.85. The first kappa shape index (κ1) is 16.2. The minimum Gasteiger partial charge on any atom is -0.325 e. The van der Waals surface area contributed by atoms with Crippen LogP contribution < -0.4 is 5.32 Å². The van der Waals surface area contributed by atoms with Crippen LogP contribution in [0.4, 0.5) is 5.69 Å². The summed E-state index contributed by atoms with van der Waals surface area (Å²) in [5.74, 6) is -1.39. The van der Waals surface area contributed by atoms with Crippen LogP contribution in [0.5, 0.6) is 0 Å². The van der Waals surface area contributed by atoms with Crippen molar-refractivity contribution in [3.8, 4) is 0 Å². The number of sulfonamides is 1. The number of aromatic nitrogens is 1. The van der Waals surface area contributed by atoms with Gasteiger partial charge in [-0.25, -0.2) is 8.42 Å². The number of fused-ring (bicyclic) bond motifs is 3. The summed E-state index contributed by atoms with van der Waals surface area (Å²) in [4.78, 5) is 30.0. The lowest BCUT2D eigenvalue weighted by Crippen LogP contribution is -2.53. The second-order valence-corrected chi connectivity index (χ2v) is 8.47. The average Bonchev–Trinajstić information content (AvgIpc) is 3.13. The van der Waals surface area contributed by atoms with Crippen molar-refractivity contribution in [2.75, 3.05) is 25.0 Å². The van der Waals surface area contributed by atoms with Crippen molar-refractivity contribution in [1.82, 2.24) is 14.2 Å². The third-order valence-corrected chi connectivity index (χ3v) is 7.09. The lowest BCUT2D eigenvalue weighted by molar-refractivity contribution is -0.145. The zero-order valence-electron chi connectivity index (χ0n) is 13.0. The van der Waals surface area contributed by atoms with Crippen LogP contribution in [0.25, 0.3) is 0 Å². The van der Waals surface area contributed by atoms with Crippen LogP contribution in [0.3, 0.4) is 0 Å². The maximum Gasteiger partial charge on any atom is 0.313 e. The predicted molar refractivity (Wildman–Crippen MR) is 90.4 cm³/mol. The highest BCUT2D eigenvalue weighted by atomic mass is 32.2. The molecule has 0 spiro atoms. The fourth-order valence-electron chi connectivity index (χ4n) is 3.14. The van der Waals surface area contributed by atoms with Gasteiger partial charge in [0.2, 0.25) is 10.0 Å². The molecule has 4 heterocycles. The summed E-state index contributed by atoms with van der Waals surface area (Å²) >= 11 is 1.31. The van der Waals surface area contributed by atoms with Gasteiger partial charge in [0.15, 0.2) is 0 Å². The first-order valence-corrected chi connectivity index (χ1v) is 9.95. The fraction of sp³-hybridized carbons (Fsp3) is 0.267. The minimum atomic E-state index is -3.63. The molecule has 2 amide bonds. The van der Waals surface area contributed by atoms with Crippen molar-refractivity contribution in [2.45, 2.75) is 10.9 Å². The predicted octanol–water partition coefficient (Wildman–Crippen LogP) is 0.669. The van der Waals surface area contributed by atoms with Gasteiger partial charge in [-0.2, -0.15) is 15.6 Å². The van der Waals surface area contributed by atoms with Crippen LogP contribution in [-0.4, -0.2) is 54.1 Å². The molecule has 8 nitrogen and oxygen atoms in total. The lowest BCUT2D eigenvalue weighted by atomic mass is 10.0. The smallest absolute Gasteiger partial charge is 0.313 e. The van der Waals surface area contributed by atoms with Gasteiger partial charge >= 0.3 is 11.8 Å². The Hall–Kier alpha value is -2.30. The van der Waals surface area contributed by atoms with Gasteiger partial charge in [-0.05, 0) is 17.5 Å². The Bertz CT molecular complexity index is 942. The standard InChI is InChI=1S/C15H14N4O4S2/c20-14-15(21)19-5-4-18(25(22,23)10-2-6-24-9-10)8-13(19)11-1-3-16-7-12(11)17-14/h1-3,6-7,9,13H,4-5,8H2,(H,17,20). The number of carbonyl (C=O) groups is 2. The Morgan fingerprint density at radius 2 is 2.08 bits per heavy atom. The number of thiophene rings is 1. The molecule has 0 bridgehead atoms. The van der Waals surface area contributed by atoms with Gasteiger partial charge in [0.05, 0.1) is 22.8 Å². The highest BCUT2D eigenvalue weighted by Gasteiger charge is 2.41. The SMILES string of the molecule is O=C1Nc2cnccc2C2CN(S(=O)(=O)c3ccsc3)CCN2C1=O. The van der Waals surface area contributed by atoms with Gasteiger partial charge < -0.3 is 10.2 Å². The van der Waals surface area contributed by atoms with Crippen LogP contribution >= 0.6 is 11.3 Å². The molecule has 0 saturated carbocycles. The van der Waals surface area contributed by atoms with E-state index in [4.69, 9.17) is 0 Å². The van der Waals surface area contributed by atoms with Crippen molar-refractivity contribution in [3.05, 3.63) is 40.8 Å². The summed E-state index contributed by atoms with van der Waals surface area (Å²) in [5.41, 5.74) is 1.11. The molecule has 1 saturated heterocycles. The van der Waals surface area contributed by atoms with E-state index in [2.05, 4.69) is 10.3 Å². The molecule has 25 heavy (non-hydrogen) atoms. The molecular formula is C15H14N4O4S2. The number of carbonyl (C=O) groups excluding carboxylic acids is 2. The summed E-state index contributed by atoms with van der Waals surface area (Å²) in [6.07, 6.45) is 3.03. The molecule has 2 aliphatic heterocycles. The maximum atomic E-state index is 12.8. The number of nitrogens with one attached hydrogen (secondary N) is 1. The number of hydrogen-bond acceptors (Lipinski definition) is 6. The molecule has 1 N–H and O–H groups in total. The molecule has 2 aromatic heterocycles. The van der Waals surface area contributed by atoms with E-state index in [9.17, 15) is 18.0 Å². The molecule has 2 aromatic rings. The monoisotopic (exact) mass is 378 g/mol. The van der Waals surface area contributed by atoms with E-state index in [1.807, 2.05) is 0 Å². The molecule has 0 radical (unpaired) electrons. The van der Waals surface area contributed by atoms with Gasteiger partial charge in [-0.15, -0.1) is 0 Å². The van der Waals surface area contributed by atoms with Gasteiger partial charge in [-0.3, -0.25) is 14.6 Å². The van der Waals surface area contributed by atoms with E-state index in [0.717, 1.165) is 0 Å². The van der Waals surface area contributed by atoms with Crippen LogP contribution in [0.2, 0.25) is 0 Å². The van der Waals surface area contributed by atoms with Crippen molar-refractivity contribution in [2.24, 2.45) is 0 Å². The van der Waals surface area contributed by atoms with Crippen LogP contribution in [0.1, 0.15) is 11.6 Å². The van der Waals surface area contributed by atoms with Crippen molar-refractivity contribution < 1.29 is 18.0 Å². The Morgan fingerprint density at radius 1 is 1.24 bits per heavy atom. The van der Waals surface area contributed by atoms with E-state index in [1.54, 1.807) is 29.1 Å². The van der Waals surface area contributed by atoms with Crippen molar-refractivity contribution in [3.63, 3.8) is 0 Å². The Labute approximate surface area is 148 Å². The molecule has 1 atom stereocenters. The molecule has 0 aromatic carbocycles. The summed E-state index contributed by atoms with van der Waals surface area (Å²) in [7, 11) is -3.63. The highest BCUT2D eigenvalue weighted by molar-refractivity contribution is 7.89. The molecule has 0 aliphatic carbocycles. The van der Waals surface area contributed by atoms with Crippen molar-refractivity contribution >= 4 is 38.9 Å². The third kappa shape index (κ3) is 2.62. The first-order valence-electron chi connectivity index (χ1n) is 7.56. The van der Waals surface area contributed by atoms with Crippen LogP contribution in [0.15, 0.2) is 40.2 Å². The largest absolute Gasteiger partial charge is 0.325 e. The third-order valence-electron chi connectivity index (χ3n) is 4.39. The van der Waals surface area contributed by atoms with E-state index >= 15 is 0 Å². The van der Waals surface area contributed by atoms with E-state index in [0.29, 0.717) is 11.3 Å². The zero-order chi connectivity index (χ0) is 17.6. The Morgan fingerprint density at radius 3 is 2.84 bits per heavy atom. The number of piperazine rings is 1. The molecule has 10 heteroatoms. The van der Waals surface area contributed by atoms with Crippen LogP contribution in [-0.2, 0) is 19.6 Å². The second kappa shape index (κ2) is 5.90. The average molecular weight is 378 g/mol. The minimum absolute atomic E-state index is 0.0931.